The van der Waals surface area contributed by atoms with Gasteiger partial charge in [-0.1, -0.05) is 60.2 Å². The molecule has 0 amide bonds. The second-order valence-corrected chi connectivity index (χ2v) is 12.1. The minimum Gasteiger partial charge on any atom is -0.284 e. The van der Waals surface area contributed by atoms with E-state index in [4.69, 9.17) is 0 Å². The van der Waals surface area contributed by atoms with Gasteiger partial charge in [0, 0.05) is 12.1 Å². The average Bonchev–Trinajstić information content (AvgIpc) is 3.26. The first-order valence-corrected chi connectivity index (χ1v) is 14.0. The van der Waals surface area contributed by atoms with Crippen LogP contribution in [-0.4, -0.2) is 32.7 Å². The van der Waals surface area contributed by atoms with E-state index in [2.05, 4.69) is 9.82 Å². The van der Waals surface area contributed by atoms with E-state index in [1.54, 1.807) is 62.4 Å². The molecule has 1 N–H and O–H groups in total. The Kier molecular flexibility index (Phi) is 6.51. The van der Waals surface area contributed by atoms with Gasteiger partial charge in [-0.05, 0) is 55.7 Å². The summed E-state index contributed by atoms with van der Waals surface area (Å²) >= 11 is 0. The largest absolute Gasteiger partial charge is 0.284 e. The Labute approximate surface area is 201 Å². The van der Waals surface area contributed by atoms with Crippen LogP contribution in [0.15, 0.2) is 82.8 Å². The van der Waals surface area contributed by atoms with E-state index in [-0.39, 0.29) is 10.6 Å². The lowest BCUT2D eigenvalue weighted by molar-refractivity contribution is 0.371. The molecule has 0 bridgehead atoms. The summed E-state index contributed by atoms with van der Waals surface area (Å²) in [6.07, 6.45) is 0.359. The van der Waals surface area contributed by atoms with Gasteiger partial charge in [0.15, 0.2) is 0 Å². The monoisotopic (exact) mass is 497 g/mol. The number of benzene rings is 3. The van der Waals surface area contributed by atoms with Crippen LogP contribution < -0.4 is 4.72 Å². The molecule has 0 unspecified atom stereocenters. The van der Waals surface area contributed by atoms with Gasteiger partial charge >= 0.3 is 0 Å². The fourth-order valence-electron chi connectivity index (χ4n) is 3.88. The summed E-state index contributed by atoms with van der Waals surface area (Å²) in [5.74, 6) is -0.0455. The predicted octanol–water partition coefficient (Wildman–Crippen LogP) is 4.61. The highest BCUT2D eigenvalue weighted by Crippen LogP contribution is 2.38. The molecule has 0 radical (unpaired) electrons. The van der Waals surface area contributed by atoms with Gasteiger partial charge < -0.3 is 0 Å². The number of aryl methyl sites for hydroxylation is 2. The summed E-state index contributed by atoms with van der Waals surface area (Å²) in [7, 11) is -7.37. The zero-order chi connectivity index (χ0) is 24.5. The maximum Gasteiger partial charge on any atom is 0.279 e. The van der Waals surface area contributed by atoms with E-state index in [0.717, 1.165) is 11.1 Å². The van der Waals surface area contributed by atoms with Gasteiger partial charge in [0.1, 0.15) is 0 Å². The van der Waals surface area contributed by atoms with Crippen LogP contribution in [0.25, 0.3) is 0 Å². The first kappa shape index (κ1) is 24.0. The molecule has 0 spiro atoms. The van der Waals surface area contributed by atoms with E-state index in [1.807, 2.05) is 31.2 Å². The third-order valence-electron chi connectivity index (χ3n) is 5.80. The zero-order valence-corrected chi connectivity index (χ0v) is 20.9. The summed E-state index contributed by atoms with van der Waals surface area (Å²) in [4.78, 5) is 0.210. The average molecular weight is 498 g/mol. The van der Waals surface area contributed by atoms with Crippen molar-refractivity contribution in [3.05, 3.63) is 95.1 Å². The minimum absolute atomic E-state index is 0.0455. The molecule has 3 aromatic rings. The van der Waals surface area contributed by atoms with Gasteiger partial charge in [-0.15, -0.1) is 0 Å². The van der Waals surface area contributed by atoms with Crippen LogP contribution in [0, 0.1) is 13.8 Å². The van der Waals surface area contributed by atoms with E-state index < -0.39 is 26.1 Å². The van der Waals surface area contributed by atoms with E-state index >= 15 is 0 Å². The highest BCUT2D eigenvalue weighted by Gasteiger charge is 2.38. The van der Waals surface area contributed by atoms with Crippen molar-refractivity contribution in [1.82, 2.24) is 4.41 Å². The molecule has 3 aromatic carbocycles. The Hall–Kier alpha value is -3.17. The second kappa shape index (κ2) is 9.23. The topological polar surface area (TPSA) is 95.9 Å². The molecule has 0 aromatic heterocycles. The van der Waals surface area contributed by atoms with Gasteiger partial charge in [0.05, 0.1) is 22.4 Å². The van der Waals surface area contributed by atoms with Crippen molar-refractivity contribution in [2.24, 2.45) is 5.10 Å². The van der Waals surface area contributed by atoms with Crippen molar-refractivity contribution in [2.45, 2.75) is 38.1 Å². The molecule has 178 valence electrons. The maximum atomic E-state index is 13.7. The Morgan fingerprint density at radius 2 is 1.65 bits per heavy atom. The molecule has 1 aliphatic heterocycles. The van der Waals surface area contributed by atoms with Gasteiger partial charge in [0.2, 0.25) is 10.0 Å². The van der Waals surface area contributed by atoms with Crippen LogP contribution in [0.3, 0.4) is 0 Å². The van der Waals surface area contributed by atoms with Crippen molar-refractivity contribution in [1.29, 1.82) is 0 Å². The van der Waals surface area contributed by atoms with Crippen molar-refractivity contribution in [3.8, 4) is 0 Å². The Bertz CT molecular complexity index is 1450. The zero-order valence-electron chi connectivity index (χ0n) is 19.3. The Balaban J connectivity index is 1.78. The van der Waals surface area contributed by atoms with E-state index in [0.29, 0.717) is 28.9 Å². The van der Waals surface area contributed by atoms with Gasteiger partial charge in [-0.2, -0.15) is 17.9 Å². The smallest absolute Gasteiger partial charge is 0.279 e. The molecule has 1 aliphatic rings. The summed E-state index contributed by atoms with van der Waals surface area (Å²) in [5.41, 5.74) is 4.20. The molecule has 7 nitrogen and oxygen atoms in total. The normalized spacial score (nSPS) is 16.4. The number of nitrogens with one attached hydrogen (secondary N) is 1. The van der Waals surface area contributed by atoms with Gasteiger partial charge in [-0.3, -0.25) is 4.72 Å². The highest BCUT2D eigenvalue weighted by molar-refractivity contribution is 7.92. The van der Waals surface area contributed by atoms with Gasteiger partial charge in [-0.25, -0.2) is 8.42 Å². The SMILES string of the molecule is CCS(=O)(=O)Nc1cccc(C2=NN(S(=O)(=O)c3ccccc3C)[C@@H](c3ccc(C)cc3)C2)c1. The lowest BCUT2D eigenvalue weighted by Crippen LogP contribution is -2.27. The molecule has 1 atom stereocenters. The molecule has 0 saturated carbocycles. The number of sulfonamides is 2. The lowest BCUT2D eigenvalue weighted by atomic mass is 9.98. The molecular weight excluding hydrogens is 470 g/mol. The predicted molar refractivity (Wildman–Crippen MR) is 135 cm³/mol. The number of anilines is 1. The highest BCUT2D eigenvalue weighted by atomic mass is 32.2. The maximum absolute atomic E-state index is 13.7. The Morgan fingerprint density at radius 3 is 2.32 bits per heavy atom. The minimum atomic E-state index is -3.93. The molecule has 4 rings (SSSR count). The van der Waals surface area contributed by atoms with Crippen LogP contribution >= 0.6 is 0 Å². The van der Waals surface area contributed by atoms with Crippen LogP contribution in [0.5, 0.6) is 0 Å². The van der Waals surface area contributed by atoms with E-state index in [1.165, 1.54) is 4.41 Å². The number of hydrazone groups is 1. The number of rotatable bonds is 7. The van der Waals surface area contributed by atoms with Crippen LogP contribution in [-0.2, 0) is 20.0 Å². The summed E-state index contributed by atoms with van der Waals surface area (Å²) in [6, 6.07) is 20.9. The van der Waals surface area contributed by atoms with Crippen molar-refractivity contribution >= 4 is 31.4 Å². The fraction of sp³-hybridized carbons (Fsp3) is 0.240. The Morgan fingerprint density at radius 1 is 0.941 bits per heavy atom. The number of hydrogen-bond donors (Lipinski definition) is 1. The number of nitrogens with zero attached hydrogens (tertiary/aromatic N) is 2. The number of hydrogen-bond acceptors (Lipinski definition) is 5. The lowest BCUT2D eigenvalue weighted by Gasteiger charge is -2.24. The third-order valence-corrected chi connectivity index (χ3v) is 8.95. The first-order chi connectivity index (χ1) is 16.1. The quantitative estimate of drug-likeness (QED) is 0.516. The van der Waals surface area contributed by atoms with E-state index in [9.17, 15) is 16.8 Å². The van der Waals surface area contributed by atoms with Crippen molar-refractivity contribution < 1.29 is 16.8 Å². The van der Waals surface area contributed by atoms with Crippen LogP contribution in [0.4, 0.5) is 5.69 Å². The third kappa shape index (κ3) is 4.85. The second-order valence-electron chi connectivity index (χ2n) is 8.31. The molecule has 1 heterocycles. The van der Waals surface area contributed by atoms with Crippen molar-refractivity contribution in [2.75, 3.05) is 10.5 Å². The molecule has 0 saturated heterocycles. The first-order valence-electron chi connectivity index (χ1n) is 11.0. The van der Waals surface area contributed by atoms with Gasteiger partial charge in [0.25, 0.3) is 10.0 Å². The molecule has 9 heteroatoms. The molecule has 34 heavy (non-hydrogen) atoms. The van der Waals surface area contributed by atoms with Crippen molar-refractivity contribution in [3.63, 3.8) is 0 Å². The summed E-state index contributed by atoms with van der Waals surface area (Å²) in [6.45, 7) is 5.30. The summed E-state index contributed by atoms with van der Waals surface area (Å²) in [5, 5.41) is 4.57. The standard InChI is InChI=1S/C25H27N3O4S2/c1-4-33(29,30)27-22-10-7-9-21(16-22)23-17-24(20-14-12-18(2)13-15-20)28(26-23)34(31,32)25-11-6-5-8-19(25)3/h5-16,24,27H,4,17H2,1-3H3/t24-/m1/s1. The van der Waals surface area contributed by atoms with Crippen LogP contribution in [0.1, 0.15) is 41.6 Å². The molecule has 0 aliphatic carbocycles. The molecule has 0 fully saturated rings. The van der Waals surface area contributed by atoms with Crippen LogP contribution in [0.2, 0.25) is 0 Å². The molecular formula is C25H27N3O4S2. The fourth-order valence-corrected chi connectivity index (χ4v) is 6.18. The summed E-state index contributed by atoms with van der Waals surface area (Å²) < 4.78 is 55.2.